The Bertz CT molecular complexity index is 779. The van der Waals surface area contributed by atoms with Crippen LogP contribution in [0.1, 0.15) is 30.5 Å². The molecule has 3 aromatic rings. The first-order valence-corrected chi connectivity index (χ1v) is 9.15. The molecule has 1 N–H and O–H groups in total. The molecule has 3 rings (SSSR count). The highest BCUT2D eigenvalue weighted by molar-refractivity contribution is 5.29. The molecule has 26 heavy (non-hydrogen) atoms. The highest BCUT2D eigenvalue weighted by atomic mass is 16.5. The molecule has 0 bridgehead atoms. The molecular weight excluding hydrogens is 318 g/mol. The van der Waals surface area contributed by atoms with Gasteiger partial charge in [-0.2, -0.15) is 0 Å². The zero-order valence-corrected chi connectivity index (χ0v) is 15.6. The Morgan fingerprint density at radius 1 is 0.692 bits per heavy atom. The van der Waals surface area contributed by atoms with Crippen molar-refractivity contribution in [2.24, 2.45) is 0 Å². The van der Waals surface area contributed by atoms with E-state index in [-0.39, 0.29) is 5.54 Å². The molecule has 2 nitrogen and oxygen atoms in total. The summed E-state index contributed by atoms with van der Waals surface area (Å²) in [7, 11) is 0. The van der Waals surface area contributed by atoms with Crippen LogP contribution in [-0.2, 0) is 19.6 Å². The molecule has 0 atom stereocenters. The van der Waals surface area contributed by atoms with Gasteiger partial charge < -0.3 is 10.1 Å². The maximum Gasteiger partial charge on any atom is 0.119 e. The molecular formula is C24H27NO. The first-order chi connectivity index (χ1) is 12.6. The van der Waals surface area contributed by atoms with Gasteiger partial charge in [0.25, 0.3) is 0 Å². The van der Waals surface area contributed by atoms with E-state index in [9.17, 15) is 0 Å². The summed E-state index contributed by atoms with van der Waals surface area (Å²) in [5, 5.41) is 3.65. The van der Waals surface area contributed by atoms with Crippen molar-refractivity contribution in [3.05, 3.63) is 102 Å². The van der Waals surface area contributed by atoms with Crippen LogP contribution in [0.15, 0.2) is 84.9 Å². The first-order valence-electron chi connectivity index (χ1n) is 9.15. The van der Waals surface area contributed by atoms with Gasteiger partial charge in [0.2, 0.25) is 0 Å². The summed E-state index contributed by atoms with van der Waals surface area (Å²) in [6.07, 6.45) is 0.971. The highest BCUT2D eigenvalue weighted by Gasteiger charge is 2.17. The van der Waals surface area contributed by atoms with Crippen LogP contribution in [0, 0.1) is 0 Å². The van der Waals surface area contributed by atoms with Gasteiger partial charge in [-0.1, -0.05) is 72.8 Å². The van der Waals surface area contributed by atoms with E-state index in [0.29, 0.717) is 6.61 Å². The summed E-state index contributed by atoms with van der Waals surface area (Å²) in [4.78, 5) is 0. The van der Waals surface area contributed by atoms with E-state index in [0.717, 1.165) is 18.7 Å². The lowest BCUT2D eigenvalue weighted by Gasteiger charge is -2.27. The van der Waals surface area contributed by atoms with Gasteiger partial charge in [-0.05, 0) is 49.1 Å². The monoisotopic (exact) mass is 345 g/mol. The van der Waals surface area contributed by atoms with E-state index in [4.69, 9.17) is 4.74 Å². The lowest BCUT2D eigenvalue weighted by Crippen LogP contribution is -2.40. The van der Waals surface area contributed by atoms with Crippen molar-refractivity contribution in [2.75, 3.05) is 0 Å². The molecule has 3 aromatic carbocycles. The van der Waals surface area contributed by atoms with Gasteiger partial charge in [-0.3, -0.25) is 0 Å². The molecule has 0 fully saturated rings. The van der Waals surface area contributed by atoms with Crippen molar-refractivity contribution in [1.29, 1.82) is 0 Å². The molecule has 0 aromatic heterocycles. The molecule has 2 heteroatoms. The van der Waals surface area contributed by atoms with Crippen LogP contribution in [0.3, 0.4) is 0 Å². The lowest BCUT2D eigenvalue weighted by atomic mass is 9.94. The van der Waals surface area contributed by atoms with Crippen LogP contribution in [0.25, 0.3) is 0 Å². The number of benzene rings is 3. The highest BCUT2D eigenvalue weighted by Crippen LogP contribution is 2.18. The summed E-state index contributed by atoms with van der Waals surface area (Å²) in [5.41, 5.74) is 3.83. The first kappa shape index (κ1) is 18.2. The van der Waals surface area contributed by atoms with E-state index in [1.54, 1.807) is 0 Å². The summed E-state index contributed by atoms with van der Waals surface area (Å²) in [6, 6.07) is 29.2. The smallest absolute Gasteiger partial charge is 0.119 e. The van der Waals surface area contributed by atoms with Crippen molar-refractivity contribution < 1.29 is 4.74 Å². The number of rotatable bonds is 8. The normalized spacial score (nSPS) is 11.3. The Morgan fingerprint density at radius 3 is 1.88 bits per heavy atom. The van der Waals surface area contributed by atoms with Gasteiger partial charge in [0, 0.05) is 12.1 Å². The molecule has 0 spiro atoms. The second-order valence-corrected chi connectivity index (χ2v) is 7.32. The number of hydrogen-bond donors (Lipinski definition) is 1. The van der Waals surface area contributed by atoms with Gasteiger partial charge in [0.05, 0.1) is 0 Å². The van der Waals surface area contributed by atoms with Gasteiger partial charge in [0.15, 0.2) is 0 Å². The van der Waals surface area contributed by atoms with Crippen LogP contribution in [0.5, 0.6) is 5.75 Å². The molecule has 0 aliphatic carbocycles. The minimum Gasteiger partial charge on any atom is -0.489 e. The van der Waals surface area contributed by atoms with Crippen molar-refractivity contribution >= 4 is 0 Å². The summed E-state index contributed by atoms with van der Waals surface area (Å²) >= 11 is 0. The summed E-state index contributed by atoms with van der Waals surface area (Å²) in [5.74, 6) is 0.910. The zero-order chi connectivity index (χ0) is 18.2. The van der Waals surface area contributed by atoms with Crippen molar-refractivity contribution in [3.8, 4) is 5.75 Å². The fourth-order valence-electron chi connectivity index (χ4n) is 2.95. The fraction of sp³-hybridized carbons (Fsp3) is 0.250. The van der Waals surface area contributed by atoms with Crippen LogP contribution >= 0.6 is 0 Å². The van der Waals surface area contributed by atoms with E-state index >= 15 is 0 Å². The Labute approximate surface area is 156 Å². The third-order valence-electron chi connectivity index (χ3n) is 4.43. The Hall–Kier alpha value is -2.58. The minimum absolute atomic E-state index is 0.0300. The second-order valence-electron chi connectivity index (χ2n) is 7.32. The van der Waals surface area contributed by atoms with Crippen LogP contribution in [0.2, 0.25) is 0 Å². The largest absolute Gasteiger partial charge is 0.489 e. The SMILES string of the molecule is CC(C)(Cc1ccc(OCc2ccccc2)cc1)NCc1ccccc1. The molecule has 0 radical (unpaired) electrons. The van der Waals surface area contributed by atoms with Crippen molar-refractivity contribution in [2.45, 2.75) is 39.0 Å². The Morgan fingerprint density at radius 2 is 1.27 bits per heavy atom. The number of hydrogen-bond acceptors (Lipinski definition) is 2. The van der Waals surface area contributed by atoms with E-state index in [2.05, 4.69) is 85.9 Å². The predicted octanol–water partition coefficient (Wildman–Crippen LogP) is 5.38. The molecule has 0 aliphatic rings. The second kappa shape index (κ2) is 8.68. The molecule has 0 aliphatic heterocycles. The predicted molar refractivity (Wildman–Crippen MR) is 108 cm³/mol. The average molecular weight is 345 g/mol. The minimum atomic E-state index is 0.0300. The van der Waals surface area contributed by atoms with Crippen molar-refractivity contribution in [1.82, 2.24) is 5.32 Å². The van der Waals surface area contributed by atoms with E-state index in [1.165, 1.54) is 16.7 Å². The third-order valence-corrected chi connectivity index (χ3v) is 4.43. The molecule has 0 saturated carbocycles. The van der Waals surface area contributed by atoms with Gasteiger partial charge in [0.1, 0.15) is 12.4 Å². The van der Waals surface area contributed by atoms with E-state index < -0.39 is 0 Å². The van der Waals surface area contributed by atoms with Gasteiger partial charge >= 0.3 is 0 Å². The zero-order valence-electron chi connectivity index (χ0n) is 15.6. The third kappa shape index (κ3) is 5.75. The number of ether oxygens (including phenoxy) is 1. The maximum atomic E-state index is 5.87. The van der Waals surface area contributed by atoms with Crippen LogP contribution in [0.4, 0.5) is 0 Å². The molecule has 0 saturated heterocycles. The summed E-state index contributed by atoms with van der Waals surface area (Å²) < 4.78 is 5.87. The topological polar surface area (TPSA) is 21.3 Å². The maximum absolute atomic E-state index is 5.87. The molecule has 0 heterocycles. The summed E-state index contributed by atoms with van der Waals surface area (Å²) in [6.45, 7) is 5.97. The quantitative estimate of drug-likeness (QED) is 0.592. The fourth-order valence-corrected chi connectivity index (χ4v) is 2.95. The van der Waals surface area contributed by atoms with E-state index in [1.807, 2.05) is 18.2 Å². The van der Waals surface area contributed by atoms with Crippen LogP contribution in [-0.4, -0.2) is 5.54 Å². The Balaban J connectivity index is 1.51. The van der Waals surface area contributed by atoms with Gasteiger partial charge in [-0.25, -0.2) is 0 Å². The van der Waals surface area contributed by atoms with Crippen molar-refractivity contribution in [3.63, 3.8) is 0 Å². The lowest BCUT2D eigenvalue weighted by molar-refractivity contribution is 0.306. The molecule has 134 valence electrons. The average Bonchev–Trinajstić information content (AvgIpc) is 2.67. The standard InChI is InChI=1S/C24H27NO/c1-24(2,25-18-21-9-5-3-6-10-21)17-20-13-15-23(16-14-20)26-19-22-11-7-4-8-12-22/h3-16,25H,17-19H2,1-2H3. The number of nitrogens with one attached hydrogen (secondary N) is 1. The van der Waals surface area contributed by atoms with Crippen LogP contribution < -0.4 is 10.1 Å². The molecule has 0 amide bonds. The molecule has 0 unspecified atom stereocenters. The Kier molecular flexibility index (Phi) is 6.08. The van der Waals surface area contributed by atoms with Gasteiger partial charge in [-0.15, -0.1) is 0 Å².